The van der Waals surface area contributed by atoms with E-state index in [4.69, 9.17) is 5.73 Å². The Kier molecular flexibility index (Phi) is 4.34. The van der Waals surface area contributed by atoms with E-state index in [9.17, 15) is 4.79 Å². The van der Waals surface area contributed by atoms with E-state index in [1.807, 2.05) is 0 Å². The molecule has 5 nitrogen and oxygen atoms in total. The third-order valence-electron chi connectivity index (χ3n) is 1.27. The molecule has 0 unspecified atom stereocenters. The number of aromatic amines is 1. The van der Waals surface area contributed by atoms with E-state index in [1.54, 1.807) is 12.3 Å². The van der Waals surface area contributed by atoms with Crippen molar-refractivity contribution in [3.8, 4) is 0 Å². The van der Waals surface area contributed by atoms with Gasteiger partial charge in [0.1, 0.15) is 5.82 Å². The van der Waals surface area contributed by atoms with Crippen LogP contribution in [-0.4, -0.2) is 34.2 Å². The summed E-state index contributed by atoms with van der Waals surface area (Å²) in [5.41, 5.74) is 5.28. The van der Waals surface area contributed by atoms with Crippen molar-refractivity contribution in [2.24, 2.45) is 5.73 Å². The van der Waals surface area contributed by atoms with Gasteiger partial charge >= 0.3 is 0 Å². The summed E-state index contributed by atoms with van der Waals surface area (Å²) in [7, 11) is 0. The summed E-state index contributed by atoms with van der Waals surface area (Å²) in [5.74, 6) is 1.81. The van der Waals surface area contributed by atoms with E-state index < -0.39 is 0 Å². The highest BCUT2D eigenvalue weighted by Gasteiger charge is 2.01. The van der Waals surface area contributed by atoms with Gasteiger partial charge in [-0.15, -0.1) is 0 Å². The number of H-pyrrole nitrogens is 1. The average molecular weight is 200 g/mol. The van der Waals surface area contributed by atoms with Gasteiger partial charge in [0.25, 0.3) is 0 Å². The lowest BCUT2D eigenvalue weighted by Crippen LogP contribution is -2.15. The number of nitrogens with zero attached hydrogens (tertiary/aromatic N) is 1. The van der Waals surface area contributed by atoms with E-state index in [1.165, 1.54) is 11.8 Å². The maximum absolute atomic E-state index is 11.2. The molecule has 1 heterocycles. The Bertz CT molecular complexity index is 249. The summed E-state index contributed by atoms with van der Waals surface area (Å²) in [6.45, 7) is 0.599. The molecule has 0 fully saturated rings. The van der Waals surface area contributed by atoms with Crippen LogP contribution in [0.15, 0.2) is 12.3 Å². The van der Waals surface area contributed by atoms with Crippen molar-refractivity contribution in [2.75, 3.05) is 23.4 Å². The van der Waals surface area contributed by atoms with Crippen LogP contribution in [0, 0.1) is 0 Å². The van der Waals surface area contributed by atoms with Crippen molar-refractivity contribution in [1.29, 1.82) is 0 Å². The molecule has 0 saturated carbocycles. The summed E-state index contributed by atoms with van der Waals surface area (Å²) >= 11 is 1.51. The highest BCUT2D eigenvalue weighted by Crippen LogP contribution is 2.02. The highest BCUT2D eigenvalue weighted by atomic mass is 32.2. The molecule has 13 heavy (non-hydrogen) atoms. The molecule has 0 spiro atoms. The van der Waals surface area contributed by atoms with E-state index >= 15 is 0 Å². The Morgan fingerprint density at radius 2 is 2.62 bits per heavy atom. The van der Waals surface area contributed by atoms with Crippen LogP contribution in [0.5, 0.6) is 0 Å². The van der Waals surface area contributed by atoms with Crippen molar-refractivity contribution in [3.63, 3.8) is 0 Å². The number of anilines is 1. The monoisotopic (exact) mass is 200 g/mol. The van der Waals surface area contributed by atoms with Crippen LogP contribution in [0.3, 0.4) is 0 Å². The second-order valence-corrected chi connectivity index (χ2v) is 3.46. The number of carbonyl (C=O) groups excluding carboxylic acids is 1. The molecular weight excluding hydrogens is 188 g/mol. The third-order valence-corrected chi connectivity index (χ3v) is 2.26. The molecule has 0 radical (unpaired) electrons. The highest BCUT2D eigenvalue weighted by molar-refractivity contribution is 7.99. The first-order chi connectivity index (χ1) is 6.33. The fraction of sp³-hybridized carbons (Fsp3) is 0.429. The molecular formula is C7H12N4OS. The molecule has 0 aliphatic carbocycles. The number of amides is 1. The van der Waals surface area contributed by atoms with Crippen molar-refractivity contribution in [1.82, 2.24) is 10.2 Å². The standard InChI is InChI=1S/C7H12N4OS/c8-2-4-13-5-7(12)10-6-1-3-9-11-6/h1,3H,2,4-5,8H2,(H2,9,10,11,12). The largest absolute Gasteiger partial charge is 0.330 e. The number of hydrogen-bond acceptors (Lipinski definition) is 4. The molecule has 4 N–H and O–H groups in total. The van der Waals surface area contributed by atoms with Crippen LogP contribution in [0.2, 0.25) is 0 Å². The van der Waals surface area contributed by atoms with Crippen LogP contribution in [-0.2, 0) is 4.79 Å². The van der Waals surface area contributed by atoms with Gasteiger partial charge in [-0.1, -0.05) is 0 Å². The number of carbonyl (C=O) groups is 1. The molecule has 1 rings (SSSR count). The van der Waals surface area contributed by atoms with Crippen molar-refractivity contribution in [2.45, 2.75) is 0 Å². The predicted molar refractivity (Wildman–Crippen MR) is 53.6 cm³/mol. The Morgan fingerprint density at radius 1 is 1.77 bits per heavy atom. The fourth-order valence-corrected chi connectivity index (χ4v) is 1.33. The molecule has 0 aromatic carbocycles. The van der Waals surface area contributed by atoms with Gasteiger partial charge in [0, 0.05) is 18.4 Å². The van der Waals surface area contributed by atoms with Gasteiger partial charge in [-0.05, 0) is 0 Å². The molecule has 72 valence electrons. The van der Waals surface area contributed by atoms with Crippen LogP contribution in [0.1, 0.15) is 0 Å². The van der Waals surface area contributed by atoms with Gasteiger partial charge in [0.15, 0.2) is 0 Å². The van der Waals surface area contributed by atoms with Crippen molar-refractivity contribution >= 4 is 23.5 Å². The molecule has 0 saturated heterocycles. The lowest BCUT2D eigenvalue weighted by molar-refractivity contribution is -0.113. The van der Waals surface area contributed by atoms with Gasteiger partial charge in [0.2, 0.25) is 5.91 Å². The zero-order chi connectivity index (χ0) is 9.52. The normalized spacial score (nSPS) is 9.92. The first-order valence-electron chi connectivity index (χ1n) is 3.90. The number of nitrogens with two attached hydrogens (primary N) is 1. The first-order valence-corrected chi connectivity index (χ1v) is 5.05. The Hall–Kier alpha value is -1.01. The minimum absolute atomic E-state index is 0.0392. The zero-order valence-corrected chi connectivity index (χ0v) is 7.93. The number of rotatable bonds is 5. The van der Waals surface area contributed by atoms with Gasteiger partial charge in [-0.2, -0.15) is 16.9 Å². The Balaban J connectivity index is 2.18. The number of thioether (sulfide) groups is 1. The molecule has 1 aromatic heterocycles. The summed E-state index contributed by atoms with van der Waals surface area (Å²) in [5, 5.41) is 9.01. The van der Waals surface area contributed by atoms with Crippen LogP contribution in [0.4, 0.5) is 5.82 Å². The van der Waals surface area contributed by atoms with Gasteiger partial charge in [0.05, 0.1) is 11.9 Å². The van der Waals surface area contributed by atoms with Crippen LogP contribution < -0.4 is 11.1 Å². The Morgan fingerprint density at radius 3 is 3.23 bits per heavy atom. The van der Waals surface area contributed by atoms with Crippen molar-refractivity contribution in [3.05, 3.63) is 12.3 Å². The van der Waals surface area contributed by atoms with Gasteiger partial charge in [-0.3, -0.25) is 9.89 Å². The number of hydrogen-bond donors (Lipinski definition) is 3. The minimum atomic E-state index is -0.0392. The first kappa shape index (κ1) is 10.1. The average Bonchev–Trinajstić information content (AvgIpc) is 2.57. The zero-order valence-electron chi connectivity index (χ0n) is 7.12. The lowest BCUT2D eigenvalue weighted by Gasteiger charge is -2.00. The molecule has 0 bridgehead atoms. The summed E-state index contributed by atoms with van der Waals surface area (Å²) in [6.07, 6.45) is 1.59. The third kappa shape index (κ3) is 3.95. The smallest absolute Gasteiger partial charge is 0.235 e. The number of aromatic nitrogens is 2. The maximum Gasteiger partial charge on any atom is 0.235 e. The molecule has 0 aliphatic rings. The Labute approximate surface area is 80.5 Å². The molecule has 6 heteroatoms. The van der Waals surface area contributed by atoms with Crippen LogP contribution in [0.25, 0.3) is 0 Å². The van der Waals surface area contributed by atoms with E-state index in [-0.39, 0.29) is 5.91 Å². The summed E-state index contributed by atoms with van der Waals surface area (Å²) in [6, 6.07) is 1.70. The molecule has 0 aliphatic heterocycles. The van der Waals surface area contributed by atoms with Crippen LogP contribution >= 0.6 is 11.8 Å². The molecule has 0 atom stereocenters. The summed E-state index contributed by atoms with van der Waals surface area (Å²) in [4.78, 5) is 11.2. The fourth-order valence-electron chi connectivity index (χ4n) is 0.760. The number of nitrogens with one attached hydrogen (secondary N) is 2. The van der Waals surface area contributed by atoms with E-state index in [2.05, 4.69) is 15.5 Å². The maximum atomic E-state index is 11.2. The topological polar surface area (TPSA) is 83.8 Å². The van der Waals surface area contributed by atoms with Crippen molar-refractivity contribution < 1.29 is 4.79 Å². The minimum Gasteiger partial charge on any atom is -0.330 e. The summed E-state index contributed by atoms with van der Waals surface area (Å²) < 4.78 is 0. The van der Waals surface area contributed by atoms with E-state index in [0.29, 0.717) is 18.1 Å². The SMILES string of the molecule is NCCSCC(=O)Nc1ccn[nH]1. The molecule has 1 amide bonds. The van der Waals surface area contributed by atoms with E-state index in [0.717, 1.165) is 5.75 Å². The predicted octanol–water partition coefficient (Wildman–Crippen LogP) is 0.0401. The molecule has 1 aromatic rings. The second-order valence-electron chi connectivity index (χ2n) is 2.36. The lowest BCUT2D eigenvalue weighted by atomic mass is 10.6. The second kappa shape index (κ2) is 5.60. The quantitative estimate of drug-likeness (QED) is 0.586. The van der Waals surface area contributed by atoms with Gasteiger partial charge < -0.3 is 11.1 Å². The van der Waals surface area contributed by atoms with Gasteiger partial charge in [-0.25, -0.2) is 0 Å².